The van der Waals surface area contributed by atoms with E-state index >= 15 is 0 Å². The number of nitro groups is 1. The standard InChI is InChI=1S/C13H18FN3O3/c1-12(2,13(3,4)15)11(18)16-10-8(14)6-5-7-9(10)17(19)20/h5-7H,15H2,1-4H3,(H,16,18). The number of para-hydroxylation sites is 1. The second kappa shape index (κ2) is 5.16. The Kier molecular flexibility index (Phi) is 4.14. The highest BCUT2D eigenvalue weighted by molar-refractivity contribution is 5.97. The molecule has 0 heterocycles. The first-order valence-electron chi connectivity index (χ1n) is 6.01. The molecule has 0 fully saturated rings. The van der Waals surface area contributed by atoms with Gasteiger partial charge in [0, 0.05) is 11.6 Å². The molecule has 7 heteroatoms. The van der Waals surface area contributed by atoms with Crippen molar-refractivity contribution in [1.29, 1.82) is 0 Å². The molecule has 1 rings (SSSR count). The van der Waals surface area contributed by atoms with Gasteiger partial charge < -0.3 is 11.1 Å². The molecule has 1 amide bonds. The molecule has 1 aromatic carbocycles. The maximum absolute atomic E-state index is 13.7. The van der Waals surface area contributed by atoms with Gasteiger partial charge in [0.05, 0.1) is 10.3 Å². The number of rotatable bonds is 4. The van der Waals surface area contributed by atoms with Crippen LogP contribution in [-0.4, -0.2) is 16.4 Å². The van der Waals surface area contributed by atoms with E-state index in [0.29, 0.717) is 0 Å². The zero-order chi connectivity index (χ0) is 15.7. The van der Waals surface area contributed by atoms with Gasteiger partial charge in [0.2, 0.25) is 5.91 Å². The van der Waals surface area contributed by atoms with Gasteiger partial charge in [-0.05, 0) is 33.8 Å². The smallest absolute Gasteiger partial charge is 0.295 e. The fraction of sp³-hybridized carbons (Fsp3) is 0.462. The van der Waals surface area contributed by atoms with Crippen molar-refractivity contribution in [3.05, 3.63) is 34.1 Å². The Morgan fingerprint density at radius 2 is 1.90 bits per heavy atom. The van der Waals surface area contributed by atoms with E-state index in [1.165, 1.54) is 6.07 Å². The Balaban J connectivity index is 3.18. The number of nitrogens with zero attached hydrogens (tertiary/aromatic N) is 1. The van der Waals surface area contributed by atoms with Crippen LogP contribution in [0.4, 0.5) is 15.8 Å². The minimum absolute atomic E-state index is 0.445. The first kappa shape index (κ1) is 16.0. The summed E-state index contributed by atoms with van der Waals surface area (Å²) >= 11 is 0. The topological polar surface area (TPSA) is 98.3 Å². The molecule has 0 spiro atoms. The van der Waals surface area contributed by atoms with Crippen molar-refractivity contribution in [2.45, 2.75) is 33.2 Å². The summed E-state index contributed by atoms with van der Waals surface area (Å²) in [5, 5.41) is 13.1. The Morgan fingerprint density at radius 1 is 1.35 bits per heavy atom. The fourth-order valence-corrected chi connectivity index (χ4v) is 1.35. The van der Waals surface area contributed by atoms with Gasteiger partial charge in [-0.25, -0.2) is 4.39 Å². The van der Waals surface area contributed by atoms with E-state index in [0.717, 1.165) is 12.1 Å². The van der Waals surface area contributed by atoms with Crippen LogP contribution in [0.25, 0.3) is 0 Å². The van der Waals surface area contributed by atoms with Gasteiger partial charge in [0.25, 0.3) is 5.69 Å². The molecular formula is C13H18FN3O3. The zero-order valence-electron chi connectivity index (χ0n) is 11.9. The van der Waals surface area contributed by atoms with Crippen LogP contribution in [0.3, 0.4) is 0 Å². The van der Waals surface area contributed by atoms with E-state index in [9.17, 15) is 19.3 Å². The van der Waals surface area contributed by atoms with Gasteiger partial charge in [-0.1, -0.05) is 6.07 Å². The number of amides is 1. The van der Waals surface area contributed by atoms with Crippen LogP contribution in [0.5, 0.6) is 0 Å². The molecule has 20 heavy (non-hydrogen) atoms. The molecule has 0 bridgehead atoms. The van der Waals surface area contributed by atoms with Crippen LogP contribution in [0.15, 0.2) is 18.2 Å². The molecule has 0 aliphatic heterocycles. The lowest BCUT2D eigenvalue weighted by atomic mass is 9.74. The first-order chi connectivity index (χ1) is 8.98. The average Bonchev–Trinajstić information content (AvgIpc) is 2.29. The summed E-state index contributed by atoms with van der Waals surface area (Å²) in [5.74, 6) is -1.45. The normalized spacial score (nSPS) is 12.1. The van der Waals surface area contributed by atoms with Crippen molar-refractivity contribution in [2.75, 3.05) is 5.32 Å². The number of halogens is 1. The van der Waals surface area contributed by atoms with Gasteiger partial charge >= 0.3 is 0 Å². The number of nitrogens with two attached hydrogens (primary N) is 1. The molecule has 0 saturated heterocycles. The summed E-state index contributed by atoms with van der Waals surface area (Å²) in [6, 6.07) is 3.38. The lowest BCUT2D eigenvalue weighted by molar-refractivity contribution is -0.384. The monoisotopic (exact) mass is 283 g/mol. The second-order valence-electron chi connectivity index (χ2n) is 5.69. The third-order valence-corrected chi connectivity index (χ3v) is 3.61. The number of nitro benzene ring substituents is 1. The van der Waals surface area contributed by atoms with Crippen molar-refractivity contribution >= 4 is 17.3 Å². The molecule has 0 aliphatic rings. The Morgan fingerprint density at radius 3 is 2.35 bits per heavy atom. The van der Waals surface area contributed by atoms with Crippen LogP contribution in [0, 0.1) is 21.3 Å². The summed E-state index contributed by atoms with van der Waals surface area (Å²) in [5.41, 5.74) is 3.06. The minimum atomic E-state index is -1.04. The van der Waals surface area contributed by atoms with Gasteiger partial charge in [-0.15, -0.1) is 0 Å². The largest absolute Gasteiger partial charge is 0.325 e. The van der Waals surface area contributed by atoms with E-state index in [-0.39, 0.29) is 0 Å². The van der Waals surface area contributed by atoms with Crippen LogP contribution in [0.2, 0.25) is 0 Å². The number of hydrogen-bond donors (Lipinski definition) is 2. The summed E-state index contributed by atoms with van der Waals surface area (Å²) in [4.78, 5) is 22.3. The molecule has 0 saturated carbocycles. The first-order valence-corrected chi connectivity index (χ1v) is 6.01. The van der Waals surface area contributed by atoms with Crippen molar-refractivity contribution < 1.29 is 14.1 Å². The lowest BCUT2D eigenvalue weighted by Crippen LogP contribution is -2.53. The average molecular weight is 283 g/mol. The van der Waals surface area contributed by atoms with Crippen molar-refractivity contribution in [2.24, 2.45) is 11.1 Å². The Bertz CT molecular complexity index is 550. The molecule has 0 unspecified atom stereocenters. The molecule has 0 radical (unpaired) electrons. The highest BCUT2D eigenvalue weighted by atomic mass is 19.1. The number of hydrogen-bond acceptors (Lipinski definition) is 4. The van der Waals surface area contributed by atoms with Gasteiger partial charge in [0.15, 0.2) is 11.5 Å². The number of benzene rings is 1. The molecule has 0 aromatic heterocycles. The van der Waals surface area contributed by atoms with E-state index in [1.807, 2.05) is 0 Å². The molecule has 6 nitrogen and oxygen atoms in total. The van der Waals surface area contributed by atoms with Crippen LogP contribution >= 0.6 is 0 Å². The SMILES string of the molecule is CC(C)(N)C(C)(C)C(=O)Nc1c(F)cccc1[N+](=O)[O-]. The molecular weight excluding hydrogens is 265 g/mol. The third kappa shape index (κ3) is 2.93. The maximum Gasteiger partial charge on any atom is 0.295 e. The van der Waals surface area contributed by atoms with Crippen LogP contribution in [0.1, 0.15) is 27.7 Å². The van der Waals surface area contributed by atoms with Gasteiger partial charge in [-0.2, -0.15) is 0 Å². The van der Waals surface area contributed by atoms with E-state index < -0.39 is 39.0 Å². The molecule has 110 valence electrons. The Labute approximate surface area is 116 Å². The van der Waals surface area contributed by atoms with E-state index in [1.54, 1.807) is 27.7 Å². The second-order valence-corrected chi connectivity index (χ2v) is 5.69. The summed E-state index contributed by atoms with van der Waals surface area (Å²) in [6.07, 6.45) is 0. The predicted molar refractivity (Wildman–Crippen MR) is 73.7 cm³/mol. The number of anilines is 1. The summed E-state index contributed by atoms with van der Waals surface area (Å²) in [7, 11) is 0. The van der Waals surface area contributed by atoms with Gasteiger partial charge in [0.1, 0.15) is 0 Å². The molecule has 0 aliphatic carbocycles. The maximum atomic E-state index is 13.7. The van der Waals surface area contributed by atoms with Crippen molar-refractivity contribution in [3.63, 3.8) is 0 Å². The van der Waals surface area contributed by atoms with Crippen molar-refractivity contribution in [3.8, 4) is 0 Å². The summed E-state index contributed by atoms with van der Waals surface area (Å²) in [6.45, 7) is 6.49. The predicted octanol–water partition coefficient (Wildman–Crippen LogP) is 2.44. The number of carbonyl (C=O) groups excluding carboxylic acids is 1. The molecule has 0 atom stereocenters. The number of carbonyl (C=O) groups is 1. The highest BCUT2D eigenvalue weighted by Crippen LogP contribution is 2.33. The number of nitrogens with one attached hydrogen (secondary N) is 1. The molecule has 1 aromatic rings. The van der Waals surface area contributed by atoms with Crippen LogP contribution in [-0.2, 0) is 4.79 Å². The van der Waals surface area contributed by atoms with E-state index in [4.69, 9.17) is 5.73 Å². The summed E-state index contributed by atoms with van der Waals surface area (Å²) < 4.78 is 13.7. The lowest BCUT2D eigenvalue weighted by Gasteiger charge is -2.36. The quantitative estimate of drug-likeness (QED) is 0.655. The minimum Gasteiger partial charge on any atom is -0.325 e. The van der Waals surface area contributed by atoms with Gasteiger partial charge in [-0.3, -0.25) is 14.9 Å². The molecule has 3 N–H and O–H groups in total. The van der Waals surface area contributed by atoms with Crippen LogP contribution < -0.4 is 11.1 Å². The van der Waals surface area contributed by atoms with Crippen molar-refractivity contribution in [1.82, 2.24) is 0 Å². The third-order valence-electron chi connectivity index (χ3n) is 3.61. The Hall–Kier alpha value is -2.02. The fourth-order valence-electron chi connectivity index (χ4n) is 1.35. The zero-order valence-corrected chi connectivity index (χ0v) is 11.9. The highest BCUT2D eigenvalue weighted by Gasteiger charge is 2.41. The van der Waals surface area contributed by atoms with E-state index in [2.05, 4.69) is 5.32 Å².